The number of amides is 1. The van der Waals surface area contributed by atoms with Gasteiger partial charge in [0, 0.05) is 31.1 Å². The van der Waals surface area contributed by atoms with E-state index in [9.17, 15) is 4.79 Å². The second kappa shape index (κ2) is 4.75. The molecule has 1 aliphatic rings. The number of hydrogen-bond donors (Lipinski definition) is 2. The molecule has 1 fully saturated rings. The third kappa shape index (κ3) is 3.27. The summed E-state index contributed by atoms with van der Waals surface area (Å²) >= 11 is 0. The van der Waals surface area contributed by atoms with Gasteiger partial charge in [-0.05, 0) is 27.3 Å². The number of nitrogens with zero attached hydrogens (tertiary/aromatic N) is 1. The highest BCUT2D eigenvalue weighted by Gasteiger charge is 2.26. The second-order valence-electron chi connectivity index (χ2n) is 4.46. The Hall–Kier alpha value is -0.610. The summed E-state index contributed by atoms with van der Waals surface area (Å²) in [6, 6.07) is 1.33. The lowest BCUT2D eigenvalue weighted by Gasteiger charge is -2.17. The lowest BCUT2D eigenvalue weighted by atomic mass is 10.1. The molecule has 3 atom stereocenters. The van der Waals surface area contributed by atoms with Crippen molar-refractivity contribution in [1.29, 1.82) is 0 Å². The van der Waals surface area contributed by atoms with Crippen LogP contribution in [-0.2, 0) is 4.79 Å². The van der Waals surface area contributed by atoms with Crippen LogP contribution in [0.25, 0.3) is 0 Å². The molecule has 3 N–H and O–H groups in total. The zero-order valence-electron chi connectivity index (χ0n) is 9.29. The van der Waals surface area contributed by atoms with Gasteiger partial charge in [-0.1, -0.05) is 0 Å². The fourth-order valence-corrected chi connectivity index (χ4v) is 2.08. The number of rotatable bonds is 4. The summed E-state index contributed by atoms with van der Waals surface area (Å²) in [5.74, 6) is -0.232. The van der Waals surface area contributed by atoms with Gasteiger partial charge in [0.05, 0.1) is 0 Å². The molecule has 4 nitrogen and oxygen atoms in total. The number of carbonyl (C=O) groups excluding carboxylic acids is 1. The molecule has 1 aliphatic heterocycles. The lowest BCUT2D eigenvalue weighted by Crippen LogP contribution is -2.40. The van der Waals surface area contributed by atoms with Gasteiger partial charge in [0.2, 0.25) is 5.91 Å². The molecule has 82 valence electrons. The quantitative estimate of drug-likeness (QED) is 0.666. The molecule has 1 rings (SSSR count). The minimum atomic E-state index is -0.232. The van der Waals surface area contributed by atoms with E-state index in [1.54, 1.807) is 0 Å². The van der Waals surface area contributed by atoms with Gasteiger partial charge in [-0.2, -0.15) is 0 Å². The van der Waals surface area contributed by atoms with E-state index in [1.807, 2.05) is 6.92 Å². The van der Waals surface area contributed by atoms with E-state index in [1.165, 1.54) is 0 Å². The molecular formula is C10H21N3O. The number of nitrogens with two attached hydrogens (primary N) is 1. The molecule has 1 saturated heterocycles. The Labute approximate surface area is 85.8 Å². The maximum absolute atomic E-state index is 10.7. The number of carbonyl (C=O) groups is 1. The van der Waals surface area contributed by atoms with Crippen molar-refractivity contribution in [3.8, 4) is 0 Å². The maximum Gasteiger partial charge on any atom is 0.218 e. The van der Waals surface area contributed by atoms with E-state index >= 15 is 0 Å². The number of likely N-dealkylation sites (N-methyl/N-ethyl adjacent to an activating group) is 1. The van der Waals surface area contributed by atoms with Crippen molar-refractivity contribution in [2.24, 2.45) is 5.73 Å². The van der Waals surface area contributed by atoms with Gasteiger partial charge < -0.3 is 16.0 Å². The predicted molar refractivity (Wildman–Crippen MR) is 56.9 cm³/mol. The number of likely N-dealkylation sites (tertiary alicyclic amines) is 1. The molecular weight excluding hydrogens is 178 g/mol. The summed E-state index contributed by atoms with van der Waals surface area (Å²) in [6.45, 7) is 5.29. The lowest BCUT2D eigenvalue weighted by molar-refractivity contribution is -0.118. The van der Waals surface area contributed by atoms with Crippen LogP contribution in [0.4, 0.5) is 0 Å². The van der Waals surface area contributed by atoms with Crippen LogP contribution in [0.2, 0.25) is 0 Å². The van der Waals surface area contributed by atoms with Crippen LogP contribution in [0.5, 0.6) is 0 Å². The summed E-state index contributed by atoms with van der Waals surface area (Å²) < 4.78 is 0. The first-order valence-corrected chi connectivity index (χ1v) is 5.23. The second-order valence-corrected chi connectivity index (χ2v) is 4.46. The molecule has 3 unspecified atom stereocenters. The largest absolute Gasteiger partial charge is 0.370 e. The zero-order valence-corrected chi connectivity index (χ0v) is 9.29. The molecule has 0 bridgehead atoms. The average Bonchev–Trinajstić information content (AvgIpc) is 2.28. The standard InChI is InChI=1S/C10H21N3O/c1-7(4-10(11)14)12-9-5-8(2)13(3)6-9/h7-9,12H,4-6H2,1-3H3,(H2,11,14). The Bertz CT molecular complexity index is 198. The van der Waals surface area contributed by atoms with Crippen LogP contribution in [0.1, 0.15) is 26.7 Å². The highest BCUT2D eigenvalue weighted by Crippen LogP contribution is 2.15. The Morgan fingerprint density at radius 2 is 2.36 bits per heavy atom. The van der Waals surface area contributed by atoms with E-state index in [2.05, 4.69) is 24.2 Å². The molecule has 0 radical (unpaired) electrons. The van der Waals surface area contributed by atoms with Crippen molar-refractivity contribution in [3.05, 3.63) is 0 Å². The monoisotopic (exact) mass is 199 g/mol. The summed E-state index contributed by atoms with van der Waals surface area (Å²) in [5, 5.41) is 3.43. The van der Waals surface area contributed by atoms with Gasteiger partial charge >= 0.3 is 0 Å². The van der Waals surface area contributed by atoms with Gasteiger partial charge in [0.15, 0.2) is 0 Å². The van der Waals surface area contributed by atoms with Crippen molar-refractivity contribution in [2.75, 3.05) is 13.6 Å². The molecule has 1 heterocycles. The van der Waals surface area contributed by atoms with E-state index in [0.29, 0.717) is 18.5 Å². The number of hydrogen-bond acceptors (Lipinski definition) is 3. The van der Waals surface area contributed by atoms with Crippen LogP contribution in [0, 0.1) is 0 Å². The molecule has 0 aliphatic carbocycles. The normalized spacial score (nSPS) is 30.5. The Morgan fingerprint density at radius 3 is 2.79 bits per heavy atom. The van der Waals surface area contributed by atoms with Crippen LogP contribution in [-0.4, -0.2) is 42.5 Å². The first-order chi connectivity index (χ1) is 6.49. The fourth-order valence-electron chi connectivity index (χ4n) is 2.08. The van der Waals surface area contributed by atoms with Crippen molar-refractivity contribution < 1.29 is 4.79 Å². The van der Waals surface area contributed by atoms with Crippen LogP contribution in [0.3, 0.4) is 0 Å². The van der Waals surface area contributed by atoms with Gasteiger partial charge in [-0.25, -0.2) is 0 Å². The molecule has 14 heavy (non-hydrogen) atoms. The molecule has 0 spiro atoms. The molecule has 1 amide bonds. The highest BCUT2D eigenvalue weighted by atomic mass is 16.1. The smallest absolute Gasteiger partial charge is 0.218 e. The van der Waals surface area contributed by atoms with Crippen LogP contribution < -0.4 is 11.1 Å². The zero-order chi connectivity index (χ0) is 10.7. The molecule has 0 aromatic rings. The first kappa shape index (κ1) is 11.5. The third-order valence-corrected chi connectivity index (χ3v) is 2.91. The minimum Gasteiger partial charge on any atom is -0.370 e. The predicted octanol–water partition coefficient (Wildman–Crippen LogP) is -0.0675. The topological polar surface area (TPSA) is 58.4 Å². The van der Waals surface area contributed by atoms with E-state index in [-0.39, 0.29) is 11.9 Å². The SMILES string of the molecule is CC(CC(N)=O)NC1CC(C)N(C)C1. The van der Waals surface area contributed by atoms with Crippen LogP contribution >= 0.6 is 0 Å². The maximum atomic E-state index is 10.7. The van der Waals surface area contributed by atoms with Crippen molar-refractivity contribution in [1.82, 2.24) is 10.2 Å². The van der Waals surface area contributed by atoms with Gasteiger partial charge in [-0.15, -0.1) is 0 Å². The first-order valence-electron chi connectivity index (χ1n) is 5.23. The van der Waals surface area contributed by atoms with Crippen molar-refractivity contribution in [3.63, 3.8) is 0 Å². The van der Waals surface area contributed by atoms with Crippen molar-refractivity contribution >= 4 is 5.91 Å². The van der Waals surface area contributed by atoms with Gasteiger partial charge in [0.25, 0.3) is 0 Å². The van der Waals surface area contributed by atoms with E-state index in [0.717, 1.165) is 13.0 Å². The molecule has 0 aromatic heterocycles. The fraction of sp³-hybridized carbons (Fsp3) is 0.900. The summed E-state index contributed by atoms with van der Waals surface area (Å²) in [4.78, 5) is 13.0. The highest BCUT2D eigenvalue weighted by molar-refractivity contribution is 5.74. The van der Waals surface area contributed by atoms with E-state index in [4.69, 9.17) is 5.73 Å². The van der Waals surface area contributed by atoms with Gasteiger partial charge in [-0.3, -0.25) is 4.79 Å². The van der Waals surface area contributed by atoms with E-state index < -0.39 is 0 Å². The summed E-state index contributed by atoms with van der Waals surface area (Å²) in [5.41, 5.74) is 5.13. The average molecular weight is 199 g/mol. The Kier molecular flexibility index (Phi) is 3.89. The van der Waals surface area contributed by atoms with Crippen molar-refractivity contribution in [2.45, 2.75) is 44.8 Å². The number of primary amides is 1. The number of nitrogens with one attached hydrogen (secondary N) is 1. The van der Waals surface area contributed by atoms with Gasteiger partial charge in [0.1, 0.15) is 0 Å². The Morgan fingerprint density at radius 1 is 1.71 bits per heavy atom. The van der Waals surface area contributed by atoms with Crippen LogP contribution in [0.15, 0.2) is 0 Å². The summed E-state index contributed by atoms with van der Waals surface area (Å²) in [7, 11) is 2.13. The molecule has 0 saturated carbocycles. The summed E-state index contributed by atoms with van der Waals surface area (Å²) in [6.07, 6.45) is 1.58. The minimum absolute atomic E-state index is 0.191. The Balaban J connectivity index is 2.28. The third-order valence-electron chi connectivity index (χ3n) is 2.91. The molecule has 4 heteroatoms. The molecule has 0 aromatic carbocycles.